The molecule has 1 amide bonds. The molecule has 0 unspecified atom stereocenters. The van der Waals surface area contributed by atoms with E-state index in [-0.39, 0.29) is 5.91 Å². The highest BCUT2D eigenvalue weighted by atomic mass is 16.5. The third-order valence-corrected chi connectivity index (χ3v) is 2.70. The van der Waals surface area contributed by atoms with E-state index in [2.05, 4.69) is 10.4 Å². The smallest absolute Gasteiger partial charge is 0.251 e. The van der Waals surface area contributed by atoms with Gasteiger partial charge in [-0.05, 0) is 25.1 Å². The summed E-state index contributed by atoms with van der Waals surface area (Å²) in [7, 11) is 1.83. The molecular formula is C14H18N4O2. The standard InChI is InChI=1S/C14H18N4O2/c1-3-20-13-7-10(6-11(15)8-13)14(19)16-9-12-4-5-18(2)17-12/h4-8H,3,9,15H2,1-2H3,(H,16,19). The highest BCUT2D eigenvalue weighted by Crippen LogP contribution is 2.19. The van der Waals surface area contributed by atoms with Gasteiger partial charge in [0.15, 0.2) is 0 Å². The van der Waals surface area contributed by atoms with Crippen LogP contribution in [0.15, 0.2) is 30.5 Å². The molecule has 6 nitrogen and oxygen atoms in total. The number of carbonyl (C=O) groups excluding carboxylic acids is 1. The van der Waals surface area contributed by atoms with E-state index in [4.69, 9.17) is 10.5 Å². The van der Waals surface area contributed by atoms with Crippen molar-refractivity contribution in [3.8, 4) is 5.75 Å². The molecule has 0 spiro atoms. The number of carbonyl (C=O) groups is 1. The molecule has 2 rings (SSSR count). The lowest BCUT2D eigenvalue weighted by Gasteiger charge is -2.08. The number of nitrogens with two attached hydrogens (primary N) is 1. The molecule has 0 aliphatic rings. The number of hydrogen-bond donors (Lipinski definition) is 2. The van der Waals surface area contributed by atoms with Crippen LogP contribution >= 0.6 is 0 Å². The Morgan fingerprint density at radius 3 is 2.90 bits per heavy atom. The minimum absolute atomic E-state index is 0.205. The normalized spacial score (nSPS) is 10.3. The van der Waals surface area contributed by atoms with Crippen LogP contribution < -0.4 is 15.8 Å². The first kappa shape index (κ1) is 13.9. The predicted octanol–water partition coefficient (Wildman–Crippen LogP) is 1.33. The zero-order chi connectivity index (χ0) is 14.5. The third kappa shape index (κ3) is 3.50. The van der Waals surface area contributed by atoms with E-state index in [0.717, 1.165) is 5.69 Å². The van der Waals surface area contributed by atoms with Crippen molar-refractivity contribution >= 4 is 11.6 Å². The van der Waals surface area contributed by atoms with Gasteiger partial charge in [-0.25, -0.2) is 0 Å². The van der Waals surface area contributed by atoms with Gasteiger partial charge in [0.2, 0.25) is 0 Å². The summed E-state index contributed by atoms with van der Waals surface area (Å²) in [4.78, 5) is 12.1. The van der Waals surface area contributed by atoms with Gasteiger partial charge in [-0.2, -0.15) is 5.10 Å². The zero-order valence-electron chi connectivity index (χ0n) is 11.6. The van der Waals surface area contributed by atoms with Crippen LogP contribution in [0, 0.1) is 0 Å². The zero-order valence-corrected chi connectivity index (χ0v) is 11.6. The van der Waals surface area contributed by atoms with Crippen molar-refractivity contribution in [2.24, 2.45) is 7.05 Å². The number of nitrogens with one attached hydrogen (secondary N) is 1. The SMILES string of the molecule is CCOc1cc(N)cc(C(=O)NCc2ccn(C)n2)c1. The van der Waals surface area contributed by atoms with Crippen LogP contribution in [0.5, 0.6) is 5.75 Å². The molecule has 6 heteroatoms. The molecule has 1 aromatic carbocycles. The highest BCUT2D eigenvalue weighted by molar-refractivity contribution is 5.95. The Morgan fingerprint density at radius 2 is 2.25 bits per heavy atom. The van der Waals surface area contributed by atoms with Crippen molar-refractivity contribution in [2.45, 2.75) is 13.5 Å². The van der Waals surface area contributed by atoms with Gasteiger partial charge in [-0.1, -0.05) is 0 Å². The Kier molecular flexibility index (Phi) is 4.24. The van der Waals surface area contributed by atoms with Gasteiger partial charge in [0.05, 0.1) is 18.8 Å². The minimum Gasteiger partial charge on any atom is -0.494 e. The monoisotopic (exact) mass is 274 g/mol. The summed E-state index contributed by atoms with van der Waals surface area (Å²) in [5.41, 5.74) is 7.54. The van der Waals surface area contributed by atoms with E-state index in [0.29, 0.717) is 30.2 Å². The summed E-state index contributed by atoms with van der Waals surface area (Å²) in [5, 5.41) is 6.99. The van der Waals surface area contributed by atoms with E-state index >= 15 is 0 Å². The summed E-state index contributed by atoms with van der Waals surface area (Å²) >= 11 is 0. The number of benzene rings is 1. The van der Waals surface area contributed by atoms with Crippen LogP contribution in [-0.4, -0.2) is 22.3 Å². The van der Waals surface area contributed by atoms with Crippen LogP contribution in [0.25, 0.3) is 0 Å². The Labute approximate surface area is 117 Å². The maximum atomic E-state index is 12.1. The van der Waals surface area contributed by atoms with Crippen molar-refractivity contribution in [2.75, 3.05) is 12.3 Å². The maximum absolute atomic E-state index is 12.1. The molecular weight excluding hydrogens is 256 g/mol. The number of rotatable bonds is 5. The van der Waals surface area contributed by atoms with Gasteiger partial charge in [-0.15, -0.1) is 0 Å². The summed E-state index contributed by atoms with van der Waals surface area (Å²) in [6.45, 7) is 2.78. The Bertz CT molecular complexity index is 607. The molecule has 1 aromatic heterocycles. The van der Waals surface area contributed by atoms with Gasteiger partial charge < -0.3 is 15.8 Å². The second-order valence-corrected chi connectivity index (χ2v) is 4.39. The van der Waals surface area contributed by atoms with Crippen molar-refractivity contribution in [3.63, 3.8) is 0 Å². The Morgan fingerprint density at radius 1 is 1.45 bits per heavy atom. The van der Waals surface area contributed by atoms with Crippen LogP contribution in [0.1, 0.15) is 23.0 Å². The number of nitrogens with zero attached hydrogens (tertiary/aromatic N) is 2. The number of nitrogen functional groups attached to an aromatic ring is 1. The summed E-state index contributed by atoms with van der Waals surface area (Å²) in [6.07, 6.45) is 1.83. The number of aryl methyl sites for hydroxylation is 1. The van der Waals surface area contributed by atoms with E-state index in [9.17, 15) is 4.79 Å². The van der Waals surface area contributed by atoms with Crippen molar-refractivity contribution in [1.82, 2.24) is 15.1 Å². The van der Waals surface area contributed by atoms with Gasteiger partial charge in [0.25, 0.3) is 5.91 Å². The van der Waals surface area contributed by atoms with Crippen LogP contribution in [-0.2, 0) is 13.6 Å². The van der Waals surface area contributed by atoms with Crippen molar-refractivity contribution in [1.29, 1.82) is 0 Å². The summed E-state index contributed by atoms with van der Waals surface area (Å²) in [5.74, 6) is 0.388. The fraction of sp³-hybridized carbons (Fsp3) is 0.286. The number of ether oxygens (including phenoxy) is 1. The molecule has 0 aliphatic carbocycles. The second kappa shape index (κ2) is 6.10. The van der Waals surface area contributed by atoms with Gasteiger partial charge in [-0.3, -0.25) is 9.48 Å². The lowest BCUT2D eigenvalue weighted by Crippen LogP contribution is -2.23. The molecule has 2 aromatic rings. The number of hydrogen-bond acceptors (Lipinski definition) is 4. The molecule has 0 fully saturated rings. The maximum Gasteiger partial charge on any atom is 0.251 e. The second-order valence-electron chi connectivity index (χ2n) is 4.39. The largest absolute Gasteiger partial charge is 0.494 e. The first-order valence-corrected chi connectivity index (χ1v) is 6.38. The van der Waals surface area contributed by atoms with Crippen molar-refractivity contribution in [3.05, 3.63) is 41.7 Å². The van der Waals surface area contributed by atoms with E-state index in [1.165, 1.54) is 0 Å². The first-order chi connectivity index (χ1) is 9.58. The average molecular weight is 274 g/mol. The molecule has 0 saturated heterocycles. The Hall–Kier alpha value is -2.50. The van der Waals surface area contributed by atoms with Crippen LogP contribution in [0.3, 0.4) is 0 Å². The fourth-order valence-corrected chi connectivity index (χ4v) is 1.83. The highest BCUT2D eigenvalue weighted by Gasteiger charge is 2.09. The van der Waals surface area contributed by atoms with Gasteiger partial charge >= 0.3 is 0 Å². The lowest BCUT2D eigenvalue weighted by atomic mass is 10.1. The molecule has 0 saturated carbocycles. The van der Waals surface area contributed by atoms with Gasteiger partial charge in [0.1, 0.15) is 5.75 Å². The number of amides is 1. The predicted molar refractivity (Wildman–Crippen MR) is 76.4 cm³/mol. The van der Waals surface area contributed by atoms with E-state index in [1.807, 2.05) is 26.2 Å². The quantitative estimate of drug-likeness (QED) is 0.806. The van der Waals surface area contributed by atoms with Crippen LogP contribution in [0.2, 0.25) is 0 Å². The van der Waals surface area contributed by atoms with Gasteiger partial charge in [0, 0.05) is 30.6 Å². The topological polar surface area (TPSA) is 82.2 Å². The van der Waals surface area contributed by atoms with Crippen LogP contribution in [0.4, 0.5) is 5.69 Å². The Balaban J connectivity index is 2.04. The molecule has 0 atom stereocenters. The first-order valence-electron chi connectivity index (χ1n) is 6.38. The average Bonchev–Trinajstić information content (AvgIpc) is 2.81. The molecule has 0 aliphatic heterocycles. The number of anilines is 1. The summed E-state index contributed by atoms with van der Waals surface area (Å²) < 4.78 is 7.06. The minimum atomic E-state index is -0.205. The molecule has 1 heterocycles. The molecule has 20 heavy (non-hydrogen) atoms. The third-order valence-electron chi connectivity index (χ3n) is 2.70. The summed E-state index contributed by atoms with van der Waals surface area (Å²) in [6, 6.07) is 6.84. The van der Waals surface area contributed by atoms with E-state index in [1.54, 1.807) is 22.9 Å². The van der Waals surface area contributed by atoms with Crippen molar-refractivity contribution < 1.29 is 9.53 Å². The molecule has 3 N–H and O–H groups in total. The molecule has 106 valence electrons. The lowest BCUT2D eigenvalue weighted by molar-refractivity contribution is 0.0950. The fourth-order valence-electron chi connectivity index (χ4n) is 1.83. The number of aromatic nitrogens is 2. The molecule has 0 radical (unpaired) electrons. The molecule has 0 bridgehead atoms. The van der Waals surface area contributed by atoms with E-state index < -0.39 is 0 Å².